The highest BCUT2D eigenvalue weighted by atomic mass is 33.1. The predicted octanol–water partition coefficient (Wildman–Crippen LogP) is 4.77. The van der Waals surface area contributed by atoms with E-state index >= 15 is 0 Å². The molecule has 6 heteroatoms. The Morgan fingerprint density at radius 3 is 1.55 bits per heavy atom. The van der Waals surface area contributed by atoms with E-state index in [0.717, 1.165) is 22.2 Å². The van der Waals surface area contributed by atoms with E-state index in [0.29, 0.717) is 10.4 Å². The number of aromatic nitrogens is 2. The van der Waals surface area contributed by atoms with Crippen LogP contribution in [-0.4, -0.2) is 9.97 Å². The zero-order valence-electron chi connectivity index (χ0n) is 10.1. The zero-order valence-corrected chi connectivity index (χ0v) is 11.8. The van der Waals surface area contributed by atoms with Gasteiger partial charge in [0.1, 0.15) is 11.0 Å². The van der Waals surface area contributed by atoms with Crippen LogP contribution in [0.5, 0.6) is 0 Å². The lowest BCUT2D eigenvalue weighted by Crippen LogP contribution is -1.68. The van der Waals surface area contributed by atoms with Gasteiger partial charge in [-0.05, 0) is 24.3 Å². The van der Waals surface area contributed by atoms with Crippen LogP contribution in [-0.2, 0) is 0 Å². The highest BCUT2D eigenvalue weighted by molar-refractivity contribution is 8.76. The van der Waals surface area contributed by atoms with Crippen LogP contribution in [0.4, 0.5) is 0 Å². The number of hydrogen-bond acceptors (Lipinski definition) is 6. The molecule has 98 valence electrons. The molecule has 0 atom stereocenters. The van der Waals surface area contributed by atoms with Crippen molar-refractivity contribution in [2.75, 3.05) is 0 Å². The van der Waals surface area contributed by atoms with Crippen molar-refractivity contribution >= 4 is 43.8 Å². The zero-order chi connectivity index (χ0) is 13.4. The van der Waals surface area contributed by atoms with E-state index in [9.17, 15) is 0 Å². The molecule has 0 fully saturated rings. The highest BCUT2D eigenvalue weighted by Crippen LogP contribution is 2.38. The second-order valence-electron chi connectivity index (χ2n) is 4.06. The second-order valence-corrected chi connectivity index (χ2v) is 6.09. The molecular formula is C14H8N2O2S2. The van der Waals surface area contributed by atoms with Gasteiger partial charge in [-0.15, -0.1) is 0 Å². The minimum absolute atomic E-state index is 0.596. The van der Waals surface area contributed by atoms with Crippen LogP contribution in [0.25, 0.3) is 22.2 Å². The molecule has 0 bridgehead atoms. The first-order valence-electron chi connectivity index (χ1n) is 5.94. The lowest BCUT2D eigenvalue weighted by molar-refractivity contribution is 0.487. The molecule has 2 heterocycles. The SMILES string of the molecule is c1ccc2oc(SSc3nc4ccccc4o3)nc2c1. The number of para-hydroxylation sites is 4. The first-order valence-corrected chi connectivity index (χ1v) is 8.09. The molecule has 0 aliphatic rings. The third-order valence-corrected chi connectivity index (χ3v) is 4.56. The van der Waals surface area contributed by atoms with Crippen molar-refractivity contribution in [3.63, 3.8) is 0 Å². The maximum absolute atomic E-state index is 5.63. The van der Waals surface area contributed by atoms with Crippen LogP contribution in [0, 0.1) is 0 Å². The van der Waals surface area contributed by atoms with Gasteiger partial charge in [-0.25, -0.2) is 9.97 Å². The van der Waals surface area contributed by atoms with Crippen LogP contribution in [0.2, 0.25) is 0 Å². The third kappa shape index (κ3) is 2.17. The highest BCUT2D eigenvalue weighted by Gasteiger charge is 2.10. The Labute approximate surface area is 122 Å². The van der Waals surface area contributed by atoms with E-state index in [-0.39, 0.29) is 0 Å². The standard InChI is InChI=1S/C14H8N2O2S2/c1-3-7-11-9(5-1)15-13(17-11)19-20-14-16-10-6-2-4-8-12(10)18-14/h1-8H. The Morgan fingerprint density at radius 2 is 1.10 bits per heavy atom. The third-order valence-electron chi connectivity index (χ3n) is 2.73. The molecule has 4 nitrogen and oxygen atoms in total. The fourth-order valence-electron chi connectivity index (χ4n) is 1.84. The summed E-state index contributed by atoms with van der Waals surface area (Å²) in [5.41, 5.74) is 3.28. The van der Waals surface area contributed by atoms with Gasteiger partial charge in [-0.3, -0.25) is 0 Å². The minimum atomic E-state index is 0.596. The summed E-state index contributed by atoms with van der Waals surface area (Å²) in [6.45, 7) is 0. The first-order chi connectivity index (χ1) is 9.88. The van der Waals surface area contributed by atoms with Crippen molar-refractivity contribution in [3.8, 4) is 0 Å². The van der Waals surface area contributed by atoms with Gasteiger partial charge in [0.2, 0.25) is 0 Å². The number of rotatable bonds is 3. The van der Waals surface area contributed by atoms with Gasteiger partial charge in [0.25, 0.3) is 10.4 Å². The van der Waals surface area contributed by atoms with E-state index in [4.69, 9.17) is 8.83 Å². The van der Waals surface area contributed by atoms with E-state index in [2.05, 4.69) is 9.97 Å². The van der Waals surface area contributed by atoms with Crippen molar-refractivity contribution in [2.45, 2.75) is 10.4 Å². The van der Waals surface area contributed by atoms with Crippen LogP contribution in [0.3, 0.4) is 0 Å². The smallest absolute Gasteiger partial charge is 0.268 e. The van der Waals surface area contributed by atoms with E-state index in [1.807, 2.05) is 48.5 Å². The number of nitrogens with zero attached hydrogens (tertiary/aromatic N) is 2. The van der Waals surface area contributed by atoms with Gasteiger partial charge in [-0.2, -0.15) is 0 Å². The van der Waals surface area contributed by atoms with Gasteiger partial charge in [-0.1, -0.05) is 24.3 Å². The molecule has 0 amide bonds. The molecule has 0 saturated heterocycles. The molecule has 4 rings (SSSR count). The summed E-state index contributed by atoms with van der Waals surface area (Å²) in [4.78, 5) is 8.78. The molecular weight excluding hydrogens is 292 g/mol. The number of fused-ring (bicyclic) bond motifs is 2. The van der Waals surface area contributed by atoms with Crippen molar-refractivity contribution in [1.29, 1.82) is 0 Å². The lowest BCUT2D eigenvalue weighted by atomic mass is 10.3. The normalized spacial score (nSPS) is 11.4. The summed E-state index contributed by atoms with van der Waals surface area (Å²) in [5.74, 6) is 0. The monoisotopic (exact) mass is 300 g/mol. The maximum Gasteiger partial charge on any atom is 0.268 e. The minimum Gasteiger partial charge on any atom is -0.431 e. The molecule has 0 radical (unpaired) electrons. The molecule has 0 aliphatic carbocycles. The van der Waals surface area contributed by atoms with Crippen molar-refractivity contribution in [1.82, 2.24) is 9.97 Å². The Morgan fingerprint density at radius 1 is 0.650 bits per heavy atom. The average molecular weight is 300 g/mol. The van der Waals surface area contributed by atoms with E-state index in [1.165, 1.54) is 21.6 Å². The average Bonchev–Trinajstić information content (AvgIpc) is 3.07. The van der Waals surface area contributed by atoms with Crippen LogP contribution >= 0.6 is 21.6 Å². The quantitative estimate of drug-likeness (QED) is 0.508. The summed E-state index contributed by atoms with van der Waals surface area (Å²) >= 11 is 0. The molecule has 0 saturated carbocycles. The molecule has 0 N–H and O–H groups in total. The Kier molecular flexibility index (Phi) is 2.90. The van der Waals surface area contributed by atoms with Crippen LogP contribution in [0.15, 0.2) is 67.8 Å². The molecule has 0 aliphatic heterocycles. The number of benzene rings is 2. The van der Waals surface area contributed by atoms with Gasteiger partial charge in [0.05, 0.1) is 0 Å². The fraction of sp³-hybridized carbons (Fsp3) is 0. The Balaban J connectivity index is 1.57. The largest absolute Gasteiger partial charge is 0.431 e. The van der Waals surface area contributed by atoms with Gasteiger partial charge >= 0.3 is 0 Å². The lowest BCUT2D eigenvalue weighted by Gasteiger charge is -1.89. The molecule has 0 spiro atoms. The van der Waals surface area contributed by atoms with Gasteiger partial charge in [0.15, 0.2) is 11.2 Å². The predicted molar refractivity (Wildman–Crippen MR) is 79.7 cm³/mol. The summed E-state index contributed by atoms with van der Waals surface area (Å²) < 4.78 is 11.3. The number of oxazole rings is 2. The summed E-state index contributed by atoms with van der Waals surface area (Å²) in [5, 5.41) is 1.19. The Bertz CT molecular complexity index is 745. The molecule has 2 aromatic carbocycles. The van der Waals surface area contributed by atoms with E-state index in [1.54, 1.807) is 0 Å². The summed E-state index contributed by atoms with van der Waals surface area (Å²) in [6, 6.07) is 15.4. The number of hydrogen-bond donors (Lipinski definition) is 0. The summed E-state index contributed by atoms with van der Waals surface area (Å²) in [6.07, 6.45) is 0. The van der Waals surface area contributed by atoms with Crippen molar-refractivity contribution in [3.05, 3.63) is 48.5 Å². The van der Waals surface area contributed by atoms with Gasteiger partial charge in [0, 0.05) is 21.6 Å². The van der Waals surface area contributed by atoms with Crippen LogP contribution in [0.1, 0.15) is 0 Å². The van der Waals surface area contributed by atoms with Crippen molar-refractivity contribution < 1.29 is 8.83 Å². The maximum atomic E-state index is 5.63. The molecule has 4 aromatic rings. The fourth-order valence-corrected chi connectivity index (χ4v) is 3.36. The van der Waals surface area contributed by atoms with Crippen molar-refractivity contribution in [2.24, 2.45) is 0 Å². The second kappa shape index (κ2) is 4.88. The summed E-state index contributed by atoms with van der Waals surface area (Å²) in [7, 11) is 2.79. The molecule has 0 unspecified atom stereocenters. The topological polar surface area (TPSA) is 52.1 Å². The Hall–Kier alpha value is -1.92. The van der Waals surface area contributed by atoms with Crippen LogP contribution < -0.4 is 0 Å². The molecule has 20 heavy (non-hydrogen) atoms. The van der Waals surface area contributed by atoms with E-state index < -0.39 is 0 Å². The molecule has 2 aromatic heterocycles. The first kappa shape index (κ1) is 11.9. The van der Waals surface area contributed by atoms with Gasteiger partial charge < -0.3 is 8.83 Å².